The molecule has 0 heterocycles. The molecule has 0 aliphatic carbocycles. The van der Waals surface area contributed by atoms with Gasteiger partial charge in [-0.1, -0.05) is 39.0 Å². The second-order valence-electron chi connectivity index (χ2n) is 5.77. The van der Waals surface area contributed by atoms with Gasteiger partial charge in [0.1, 0.15) is 6.04 Å². The minimum absolute atomic E-state index is 0.0453. The highest BCUT2D eigenvalue weighted by molar-refractivity contribution is 5.82. The first-order valence-electron chi connectivity index (χ1n) is 6.55. The van der Waals surface area contributed by atoms with Gasteiger partial charge in [0.2, 0.25) is 5.91 Å². The lowest BCUT2D eigenvalue weighted by Gasteiger charge is -2.24. The highest BCUT2D eigenvalue weighted by atomic mass is 16.4. The molecule has 1 rings (SSSR count). The zero-order valence-electron chi connectivity index (χ0n) is 12.4. The molecule has 0 spiro atoms. The molecule has 5 heteroatoms. The Hall–Kier alpha value is -2.04. The number of nitrogens with one attached hydrogen (secondary N) is 2. The van der Waals surface area contributed by atoms with Gasteiger partial charge in [0.05, 0.1) is 0 Å². The first-order chi connectivity index (χ1) is 9.21. The van der Waals surface area contributed by atoms with Crippen LogP contribution in [0.1, 0.15) is 33.3 Å². The summed E-state index contributed by atoms with van der Waals surface area (Å²) in [7, 11) is 0. The molecule has 1 atom stereocenters. The zero-order chi connectivity index (χ0) is 15.3. The van der Waals surface area contributed by atoms with E-state index in [0.717, 1.165) is 11.3 Å². The number of para-hydroxylation sites is 1. The number of benzene rings is 1. The Kier molecular flexibility index (Phi) is 5.13. The van der Waals surface area contributed by atoms with Crippen molar-refractivity contribution in [1.82, 2.24) is 5.32 Å². The van der Waals surface area contributed by atoms with Gasteiger partial charge in [0, 0.05) is 19.2 Å². The van der Waals surface area contributed by atoms with Crippen LogP contribution in [0.25, 0.3) is 0 Å². The lowest BCUT2D eigenvalue weighted by atomic mass is 9.86. The van der Waals surface area contributed by atoms with Gasteiger partial charge in [-0.25, -0.2) is 4.79 Å². The molecule has 0 saturated carbocycles. The quantitative estimate of drug-likeness (QED) is 0.769. The summed E-state index contributed by atoms with van der Waals surface area (Å²) in [4.78, 5) is 22.1. The maximum Gasteiger partial charge on any atom is 0.328 e. The number of hydrogen-bond acceptors (Lipinski definition) is 3. The van der Waals surface area contributed by atoms with Crippen LogP contribution in [0.4, 0.5) is 5.69 Å². The summed E-state index contributed by atoms with van der Waals surface area (Å²) in [6, 6.07) is 6.82. The first-order valence-corrected chi connectivity index (χ1v) is 6.55. The monoisotopic (exact) mass is 278 g/mol. The summed E-state index contributed by atoms with van der Waals surface area (Å²) < 4.78 is 0. The van der Waals surface area contributed by atoms with Gasteiger partial charge < -0.3 is 15.7 Å². The Morgan fingerprint density at radius 3 is 2.35 bits per heavy atom. The van der Waals surface area contributed by atoms with Crippen LogP contribution in [0.15, 0.2) is 24.3 Å². The summed E-state index contributed by atoms with van der Waals surface area (Å²) >= 11 is 0. The Morgan fingerprint density at radius 1 is 1.25 bits per heavy atom. The number of carboxylic acids is 1. The topological polar surface area (TPSA) is 78.4 Å². The molecule has 0 aromatic heterocycles. The normalized spacial score (nSPS) is 12.6. The van der Waals surface area contributed by atoms with Crippen molar-refractivity contribution in [3.05, 3.63) is 29.8 Å². The SMILES string of the molecule is CC(=O)NC(CNc1ccccc1C(C)(C)C)C(=O)O. The summed E-state index contributed by atoms with van der Waals surface area (Å²) in [6.07, 6.45) is 0. The number of carboxylic acid groups (broad SMARTS) is 1. The molecule has 1 amide bonds. The van der Waals surface area contributed by atoms with Crippen LogP contribution < -0.4 is 10.6 Å². The van der Waals surface area contributed by atoms with Crippen molar-refractivity contribution < 1.29 is 14.7 Å². The van der Waals surface area contributed by atoms with Crippen LogP contribution >= 0.6 is 0 Å². The fourth-order valence-corrected chi connectivity index (χ4v) is 1.95. The fraction of sp³-hybridized carbons (Fsp3) is 0.467. The van der Waals surface area contributed by atoms with Crippen LogP contribution in [0.2, 0.25) is 0 Å². The van der Waals surface area contributed by atoms with Crippen molar-refractivity contribution in [2.45, 2.75) is 39.2 Å². The van der Waals surface area contributed by atoms with Crippen LogP contribution in [-0.4, -0.2) is 29.6 Å². The van der Waals surface area contributed by atoms with E-state index < -0.39 is 12.0 Å². The van der Waals surface area contributed by atoms with Crippen LogP contribution in [0, 0.1) is 0 Å². The number of rotatable bonds is 5. The third-order valence-electron chi connectivity index (χ3n) is 2.91. The minimum Gasteiger partial charge on any atom is -0.480 e. The predicted molar refractivity (Wildman–Crippen MR) is 78.9 cm³/mol. The van der Waals surface area contributed by atoms with E-state index in [0.29, 0.717) is 0 Å². The molecule has 5 nitrogen and oxygen atoms in total. The van der Waals surface area contributed by atoms with Crippen molar-refractivity contribution in [3.63, 3.8) is 0 Å². The van der Waals surface area contributed by atoms with Gasteiger partial charge in [0.25, 0.3) is 0 Å². The molecule has 20 heavy (non-hydrogen) atoms. The lowest BCUT2D eigenvalue weighted by Crippen LogP contribution is -2.44. The Morgan fingerprint density at radius 2 is 1.85 bits per heavy atom. The molecule has 0 bridgehead atoms. The van der Waals surface area contributed by atoms with E-state index in [1.807, 2.05) is 24.3 Å². The summed E-state index contributed by atoms with van der Waals surface area (Å²) in [5.74, 6) is -1.41. The lowest BCUT2D eigenvalue weighted by molar-refractivity contribution is -0.141. The van der Waals surface area contributed by atoms with E-state index in [1.54, 1.807) is 0 Å². The van der Waals surface area contributed by atoms with Crippen molar-refractivity contribution in [2.75, 3.05) is 11.9 Å². The van der Waals surface area contributed by atoms with E-state index in [4.69, 9.17) is 5.11 Å². The Bertz CT molecular complexity index is 492. The van der Waals surface area contributed by atoms with Gasteiger partial charge in [-0.15, -0.1) is 0 Å². The maximum atomic E-state index is 11.1. The van der Waals surface area contributed by atoms with E-state index in [1.165, 1.54) is 6.92 Å². The van der Waals surface area contributed by atoms with Crippen LogP contribution in [-0.2, 0) is 15.0 Å². The molecule has 1 aromatic carbocycles. The summed E-state index contributed by atoms with van der Waals surface area (Å²) in [5, 5.41) is 14.6. The molecular weight excluding hydrogens is 256 g/mol. The second kappa shape index (κ2) is 6.41. The number of carbonyl (C=O) groups is 2. The van der Waals surface area contributed by atoms with E-state index in [-0.39, 0.29) is 17.9 Å². The molecule has 1 aromatic rings. The highest BCUT2D eigenvalue weighted by Gasteiger charge is 2.21. The molecular formula is C15H22N2O3. The number of anilines is 1. The van der Waals surface area contributed by atoms with Crippen molar-refractivity contribution in [3.8, 4) is 0 Å². The summed E-state index contributed by atoms with van der Waals surface area (Å²) in [6.45, 7) is 7.73. The highest BCUT2D eigenvalue weighted by Crippen LogP contribution is 2.29. The average molecular weight is 278 g/mol. The minimum atomic E-state index is -1.05. The molecule has 0 fully saturated rings. The van der Waals surface area contributed by atoms with Gasteiger partial charge in [-0.05, 0) is 17.0 Å². The zero-order valence-corrected chi connectivity index (χ0v) is 12.4. The maximum absolute atomic E-state index is 11.1. The van der Waals surface area contributed by atoms with Crippen molar-refractivity contribution >= 4 is 17.6 Å². The Balaban J connectivity index is 2.83. The van der Waals surface area contributed by atoms with Crippen molar-refractivity contribution in [2.24, 2.45) is 0 Å². The third-order valence-corrected chi connectivity index (χ3v) is 2.91. The molecule has 1 unspecified atom stereocenters. The average Bonchev–Trinajstić information content (AvgIpc) is 2.33. The summed E-state index contributed by atoms with van der Waals surface area (Å²) in [5.41, 5.74) is 1.94. The number of carbonyl (C=O) groups excluding carboxylic acids is 1. The fourth-order valence-electron chi connectivity index (χ4n) is 1.95. The molecule has 0 radical (unpaired) electrons. The van der Waals surface area contributed by atoms with Crippen LogP contribution in [0.5, 0.6) is 0 Å². The molecule has 0 aliphatic rings. The first kappa shape index (κ1) is 16.0. The molecule has 0 saturated heterocycles. The standard InChI is InChI=1S/C15H22N2O3/c1-10(18)17-13(14(19)20)9-16-12-8-6-5-7-11(12)15(2,3)4/h5-8,13,16H,9H2,1-4H3,(H,17,18)(H,19,20). The largest absolute Gasteiger partial charge is 0.480 e. The van der Waals surface area contributed by atoms with Gasteiger partial charge in [-0.3, -0.25) is 4.79 Å². The van der Waals surface area contributed by atoms with Crippen molar-refractivity contribution in [1.29, 1.82) is 0 Å². The third kappa shape index (κ3) is 4.57. The molecule has 110 valence electrons. The van der Waals surface area contributed by atoms with Gasteiger partial charge in [0.15, 0.2) is 0 Å². The number of hydrogen-bond donors (Lipinski definition) is 3. The molecule has 3 N–H and O–H groups in total. The van der Waals surface area contributed by atoms with Gasteiger partial charge in [-0.2, -0.15) is 0 Å². The number of aliphatic carboxylic acids is 1. The van der Waals surface area contributed by atoms with E-state index in [2.05, 4.69) is 31.4 Å². The Labute approximate surface area is 119 Å². The van der Waals surface area contributed by atoms with Crippen LogP contribution in [0.3, 0.4) is 0 Å². The van der Waals surface area contributed by atoms with E-state index >= 15 is 0 Å². The molecule has 0 aliphatic heterocycles. The number of amides is 1. The van der Waals surface area contributed by atoms with Gasteiger partial charge >= 0.3 is 5.97 Å². The predicted octanol–water partition coefficient (Wildman–Crippen LogP) is 1.99. The smallest absolute Gasteiger partial charge is 0.328 e. The van der Waals surface area contributed by atoms with E-state index in [9.17, 15) is 9.59 Å². The second-order valence-corrected chi connectivity index (χ2v) is 5.77.